The predicted molar refractivity (Wildman–Crippen MR) is 98.3 cm³/mol. The molecule has 0 amide bonds. The fraction of sp³-hybridized carbons (Fsp3) is 0.444. The highest BCUT2D eigenvalue weighted by molar-refractivity contribution is 5.75. The Hall–Kier alpha value is -2.70. The first-order valence-corrected chi connectivity index (χ1v) is 8.98. The lowest BCUT2D eigenvalue weighted by atomic mass is 10.2. The highest BCUT2D eigenvalue weighted by Gasteiger charge is 2.30. The molecule has 0 aromatic carbocycles. The molecule has 7 nitrogen and oxygen atoms in total. The van der Waals surface area contributed by atoms with Gasteiger partial charge in [0.2, 0.25) is 5.65 Å². The second kappa shape index (κ2) is 6.66. The van der Waals surface area contributed by atoms with Crippen LogP contribution in [-0.4, -0.2) is 30.8 Å². The summed E-state index contributed by atoms with van der Waals surface area (Å²) in [6, 6.07) is 6.29. The van der Waals surface area contributed by atoms with Crippen LogP contribution in [0.5, 0.6) is 0 Å². The van der Waals surface area contributed by atoms with Crippen LogP contribution in [0.1, 0.15) is 51.3 Å². The first-order chi connectivity index (χ1) is 12.3. The molecule has 1 aliphatic carbocycles. The van der Waals surface area contributed by atoms with E-state index in [0.29, 0.717) is 12.0 Å². The third-order valence-electron chi connectivity index (χ3n) is 4.62. The van der Waals surface area contributed by atoms with Gasteiger partial charge in [0.05, 0.1) is 17.6 Å². The third kappa shape index (κ3) is 3.26. The van der Waals surface area contributed by atoms with Crippen molar-refractivity contribution in [2.45, 2.75) is 51.5 Å². The van der Waals surface area contributed by atoms with Gasteiger partial charge >= 0.3 is 0 Å². The highest BCUT2D eigenvalue weighted by Crippen LogP contribution is 2.39. The van der Waals surface area contributed by atoms with Crippen molar-refractivity contribution >= 4 is 22.8 Å². The second-order valence-corrected chi connectivity index (χ2v) is 6.54. The zero-order chi connectivity index (χ0) is 17.2. The van der Waals surface area contributed by atoms with Crippen LogP contribution in [-0.2, 0) is 0 Å². The van der Waals surface area contributed by atoms with E-state index in [2.05, 4.69) is 39.7 Å². The lowest BCUT2D eigenvalue weighted by Gasteiger charge is -2.17. The van der Waals surface area contributed by atoms with Gasteiger partial charge in [-0.2, -0.15) is 4.52 Å². The predicted octanol–water partition coefficient (Wildman–Crippen LogP) is 3.74. The number of hydrogen-bond donors (Lipinski definition) is 2. The Labute approximate surface area is 146 Å². The number of nitrogens with one attached hydrogen (secondary N) is 2. The van der Waals surface area contributed by atoms with Crippen LogP contribution in [0, 0.1) is 0 Å². The maximum absolute atomic E-state index is 4.76. The van der Waals surface area contributed by atoms with Gasteiger partial charge in [-0.25, -0.2) is 0 Å². The van der Waals surface area contributed by atoms with Gasteiger partial charge in [0.1, 0.15) is 5.82 Å². The number of fused-ring (bicyclic) bond motifs is 1. The van der Waals surface area contributed by atoms with Crippen LogP contribution in [0.25, 0.3) is 5.65 Å². The van der Waals surface area contributed by atoms with Crippen molar-refractivity contribution in [3.63, 3.8) is 0 Å². The molecule has 3 aromatic rings. The normalized spacial score (nSPS) is 14.2. The van der Waals surface area contributed by atoms with Gasteiger partial charge in [-0.3, -0.25) is 4.98 Å². The van der Waals surface area contributed by atoms with Crippen molar-refractivity contribution in [1.82, 2.24) is 24.8 Å². The fourth-order valence-corrected chi connectivity index (χ4v) is 2.95. The van der Waals surface area contributed by atoms with E-state index in [1.165, 1.54) is 0 Å². The lowest BCUT2D eigenvalue weighted by molar-refractivity contribution is 0.664. The zero-order valence-electron chi connectivity index (χ0n) is 14.6. The molecule has 3 aromatic heterocycles. The van der Waals surface area contributed by atoms with Crippen LogP contribution < -0.4 is 10.6 Å². The lowest BCUT2D eigenvalue weighted by Crippen LogP contribution is -2.19. The van der Waals surface area contributed by atoms with Gasteiger partial charge < -0.3 is 10.6 Å². The second-order valence-electron chi connectivity index (χ2n) is 6.54. The van der Waals surface area contributed by atoms with Crippen LogP contribution in [0.15, 0.2) is 30.6 Å². The van der Waals surface area contributed by atoms with Gasteiger partial charge in [0.15, 0.2) is 5.82 Å². The molecule has 3 heterocycles. The van der Waals surface area contributed by atoms with Crippen molar-refractivity contribution < 1.29 is 0 Å². The van der Waals surface area contributed by atoms with Gasteiger partial charge in [0, 0.05) is 24.2 Å². The molecule has 1 aliphatic rings. The summed E-state index contributed by atoms with van der Waals surface area (Å²) in [5, 5.41) is 20.5. The van der Waals surface area contributed by atoms with E-state index in [1.54, 1.807) is 12.4 Å². The Morgan fingerprint density at radius 2 is 2.08 bits per heavy atom. The van der Waals surface area contributed by atoms with Crippen molar-refractivity contribution in [2.75, 3.05) is 10.6 Å². The first-order valence-electron chi connectivity index (χ1n) is 8.98. The minimum Gasteiger partial charge on any atom is -0.366 e. The molecule has 0 unspecified atom stereocenters. The Morgan fingerprint density at radius 1 is 1.24 bits per heavy atom. The summed E-state index contributed by atoms with van der Waals surface area (Å²) in [6.45, 7) is 4.37. The van der Waals surface area contributed by atoms with Crippen LogP contribution in [0.2, 0.25) is 0 Å². The summed E-state index contributed by atoms with van der Waals surface area (Å²) in [7, 11) is 0. The molecule has 0 radical (unpaired) electrons. The molecular weight excluding hydrogens is 314 g/mol. The summed E-state index contributed by atoms with van der Waals surface area (Å²) in [6.07, 6.45) is 7.99. The summed E-state index contributed by atoms with van der Waals surface area (Å²) >= 11 is 0. The van der Waals surface area contributed by atoms with E-state index in [1.807, 2.05) is 22.7 Å². The smallest absolute Gasteiger partial charge is 0.201 e. The number of hydrogen-bond acceptors (Lipinski definition) is 6. The molecular formula is C18H23N7. The Bertz CT molecular complexity index is 850. The maximum atomic E-state index is 4.76. The highest BCUT2D eigenvalue weighted by atomic mass is 15.4. The Balaban J connectivity index is 1.76. The summed E-state index contributed by atoms with van der Waals surface area (Å²) < 4.78 is 1.89. The van der Waals surface area contributed by atoms with Crippen LogP contribution in [0.4, 0.5) is 17.2 Å². The van der Waals surface area contributed by atoms with Crippen LogP contribution >= 0.6 is 0 Å². The Kier molecular flexibility index (Phi) is 4.21. The van der Waals surface area contributed by atoms with Crippen molar-refractivity contribution in [3.8, 4) is 0 Å². The first kappa shape index (κ1) is 15.8. The number of rotatable bonds is 7. The van der Waals surface area contributed by atoms with Gasteiger partial charge in [0.25, 0.3) is 0 Å². The molecule has 0 atom stereocenters. The number of nitrogens with zero attached hydrogens (tertiary/aromatic N) is 5. The van der Waals surface area contributed by atoms with E-state index >= 15 is 0 Å². The average molecular weight is 337 g/mol. The molecule has 130 valence electrons. The molecule has 2 N–H and O–H groups in total. The number of aromatic nitrogens is 5. The standard InChI is InChI=1S/C18H23N7/c1-3-13(4-2)21-16-10-15(20-14-6-5-9-19-11-14)18-23-22-17(12-7-8-12)25(18)24-16/h5-6,9-13,20H,3-4,7-8H2,1-2H3,(H,21,24). The molecule has 25 heavy (non-hydrogen) atoms. The molecule has 1 fully saturated rings. The third-order valence-corrected chi connectivity index (χ3v) is 4.62. The van der Waals surface area contributed by atoms with E-state index in [0.717, 1.165) is 54.3 Å². The minimum atomic E-state index is 0.400. The molecule has 7 heteroatoms. The molecule has 4 rings (SSSR count). The SMILES string of the molecule is CCC(CC)Nc1cc(Nc2cccnc2)c2nnc(C3CC3)n2n1. The maximum Gasteiger partial charge on any atom is 0.201 e. The fourth-order valence-electron chi connectivity index (χ4n) is 2.95. The van der Waals surface area contributed by atoms with E-state index in [9.17, 15) is 0 Å². The molecule has 0 saturated heterocycles. The van der Waals surface area contributed by atoms with E-state index < -0.39 is 0 Å². The number of anilines is 3. The van der Waals surface area contributed by atoms with E-state index in [4.69, 9.17) is 5.10 Å². The molecule has 0 aliphatic heterocycles. The summed E-state index contributed by atoms with van der Waals surface area (Å²) in [4.78, 5) is 4.17. The van der Waals surface area contributed by atoms with Gasteiger partial charge in [-0.05, 0) is 37.8 Å². The van der Waals surface area contributed by atoms with E-state index in [-0.39, 0.29) is 0 Å². The average Bonchev–Trinajstić information content (AvgIpc) is 3.40. The Morgan fingerprint density at radius 3 is 2.76 bits per heavy atom. The molecule has 0 bridgehead atoms. The van der Waals surface area contributed by atoms with Gasteiger partial charge in [-0.1, -0.05) is 13.8 Å². The molecule has 0 spiro atoms. The van der Waals surface area contributed by atoms with Gasteiger partial charge in [-0.15, -0.1) is 15.3 Å². The summed E-state index contributed by atoms with van der Waals surface area (Å²) in [5.74, 6) is 2.28. The number of pyridine rings is 1. The molecule has 1 saturated carbocycles. The quantitative estimate of drug-likeness (QED) is 0.683. The van der Waals surface area contributed by atoms with Crippen molar-refractivity contribution in [3.05, 3.63) is 36.4 Å². The summed E-state index contributed by atoms with van der Waals surface area (Å²) in [5.41, 5.74) is 2.55. The topological polar surface area (TPSA) is 80.0 Å². The van der Waals surface area contributed by atoms with Crippen molar-refractivity contribution in [1.29, 1.82) is 0 Å². The zero-order valence-corrected chi connectivity index (χ0v) is 14.6. The van der Waals surface area contributed by atoms with Crippen molar-refractivity contribution in [2.24, 2.45) is 0 Å². The minimum absolute atomic E-state index is 0.400. The van der Waals surface area contributed by atoms with Crippen LogP contribution in [0.3, 0.4) is 0 Å². The largest absolute Gasteiger partial charge is 0.366 e. The monoisotopic (exact) mass is 337 g/mol.